The van der Waals surface area contributed by atoms with E-state index in [0.29, 0.717) is 80.6 Å². The van der Waals surface area contributed by atoms with Gasteiger partial charge in [-0.05, 0) is 195 Å². The minimum absolute atomic E-state index is 0.0259. The number of rotatable bonds is 10. The Morgan fingerprint density at radius 2 is 0.479 bits per heavy atom. The minimum atomic E-state index is -4.67. The number of aromatic nitrogens is 22. The van der Waals surface area contributed by atoms with Crippen molar-refractivity contribution in [2.75, 3.05) is 0 Å². The third-order valence-corrected chi connectivity index (χ3v) is 22.4. The summed E-state index contributed by atoms with van der Waals surface area (Å²) in [5.41, 5.74) is 1.63. The molecule has 716 valence electrons. The molecule has 0 aliphatic carbocycles. The fraction of sp³-hybridized carbons (Fsp3) is 0.0208. The topological polar surface area (TPSA) is 404 Å². The van der Waals surface area contributed by atoms with Crippen molar-refractivity contribution in [2.45, 2.75) is 12.4 Å². The van der Waals surface area contributed by atoms with Crippen molar-refractivity contribution in [3.05, 3.63) is 376 Å². The van der Waals surface area contributed by atoms with E-state index < -0.39 is 104 Å². The second-order valence-electron chi connectivity index (χ2n) is 30.8. The summed E-state index contributed by atoms with van der Waals surface area (Å²) in [6.45, 7) is 0. The van der Waals surface area contributed by atoms with Crippen molar-refractivity contribution in [1.82, 2.24) is 110 Å². The number of nitrogens with zero attached hydrogens (tertiary/aromatic N) is 10. The van der Waals surface area contributed by atoms with E-state index in [0.717, 1.165) is 69.3 Å². The molecule has 22 rings (SSSR count). The van der Waals surface area contributed by atoms with Gasteiger partial charge in [-0.3, -0.25) is 48.9 Å². The predicted molar refractivity (Wildman–Crippen MR) is 514 cm³/mol. The van der Waals surface area contributed by atoms with Crippen LogP contribution in [0.2, 0.25) is 0 Å². The normalized spacial score (nSPS) is 11.5. The molecule has 0 radical (unpaired) electrons. The van der Waals surface area contributed by atoms with Gasteiger partial charge in [0.1, 0.15) is 29.0 Å². The zero-order valence-corrected chi connectivity index (χ0v) is 75.6. The summed E-state index contributed by atoms with van der Waals surface area (Å²) in [5.74, 6) is -11.5. The Hall–Kier alpha value is -17.6. The molecule has 0 amide bonds. The van der Waals surface area contributed by atoms with E-state index in [4.69, 9.17) is 71.1 Å². The molecule has 48 heteroatoms. The maximum Gasteiger partial charge on any atom is 0.416 e. The molecule has 0 saturated carbocycles. The predicted octanol–water partition coefficient (Wildman–Crippen LogP) is 22.9. The molecule has 0 unspecified atom stereocenters. The molecule has 27 nitrogen and oxygen atoms in total. The second kappa shape index (κ2) is 39.2. The van der Waals surface area contributed by atoms with E-state index in [1.807, 2.05) is 60.9 Å². The largest absolute Gasteiger partial charge is 0.416 e. The fourth-order valence-electron chi connectivity index (χ4n) is 15.0. The SMILES string of the molecule is O=c1[nH]c(=S)[nH]c2nc(-c3c[nH]c4ccccc34)c(-c3c[nH]c4ccccc34)nc12.O=c1[nH]c(=S)[nH]c2nc(-c3cc(F)c(F)c(F)c3)c(-c3cc(F)c(F)c(F)c3)nc12.O=c1[nH]c(=S)[nH]c2nc(-c3ccc(F)cc3)c(-c3ccc(F)cc3)nc12.O=c1[nH]c(=S)[nH]c2nc(-c3cccc(C(F)(F)F)c3)c(-c3cccc(C(F)(F)F)c3)nc12.O=c1[nH]c(=S)[nH]c2nc(-c3cccc(F)c3)c(-c3cccc(F)c3)nc12. The molecule has 0 bridgehead atoms. The van der Waals surface area contributed by atoms with Gasteiger partial charge in [0.15, 0.2) is 115 Å². The first-order chi connectivity index (χ1) is 68.8. The van der Waals surface area contributed by atoms with Crippen molar-refractivity contribution < 1.29 is 70.2 Å². The molecule has 12 aromatic heterocycles. The number of H-pyrrole nitrogens is 12. The van der Waals surface area contributed by atoms with Gasteiger partial charge in [-0.2, -0.15) is 26.3 Å². The van der Waals surface area contributed by atoms with E-state index in [2.05, 4.69) is 99.7 Å². The number of nitrogens with one attached hydrogen (secondary N) is 12. The number of halogens is 16. The number of para-hydroxylation sites is 2. The first-order valence-corrected chi connectivity index (χ1v) is 43.4. The average molecular weight is 2060 g/mol. The van der Waals surface area contributed by atoms with Gasteiger partial charge in [0, 0.05) is 89.8 Å². The fourth-order valence-corrected chi connectivity index (χ4v) is 15.9. The molecular weight excluding hydrogens is 2010 g/mol. The maximum atomic E-state index is 13.8. The van der Waals surface area contributed by atoms with Crippen LogP contribution >= 0.6 is 61.1 Å². The molecule has 0 spiro atoms. The van der Waals surface area contributed by atoms with Crippen LogP contribution in [0.4, 0.5) is 70.2 Å². The van der Waals surface area contributed by atoms with E-state index in [1.165, 1.54) is 84.9 Å². The van der Waals surface area contributed by atoms with Crippen molar-refractivity contribution >= 4 is 139 Å². The maximum absolute atomic E-state index is 13.8. The summed E-state index contributed by atoms with van der Waals surface area (Å²) in [6.07, 6.45) is -5.51. The Bertz CT molecular complexity index is 9620. The van der Waals surface area contributed by atoms with Gasteiger partial charge >= 0.3 is 12.4 Å². The monoisotopic (exact) mass is 2050 g/mol. The molecule has 0 saturated heterocycles. The number of benzene rings is 10. The van der Waals surface area contributed by atoms with Gasteiger partial charge in [-0.1, -0.05) is 84.9 Å². The van der Waals surface area contributed by atoms with Crippen LogP contribution in [0.3, 0.4) is 0 Å². The zero-order chi connectivity index (χ0) is 102. The Balaban J connectivity index is 0.000000119. The van der Waals surface area contributed by atoms with Gasteiger partial charge in [-0.25, -0.2) is 93.7 Å². The first kappa shape index (κ1) is 96.6. The van der Waals surface area contributed by atoms with Crippen LogP contribution in [0.5, 0.6) is 0 Å². The summed E-state index contributed by atoms with van der Waals surface area (Å²) < 4.78 is 215. The summed E-state index contributed by atoms with van der Waals surface area (Å²) >= 11 is 24.8. The van der Waals surface area contributed by atoms with Gasteiger partial charge in [0.05, 0.1) is 62.4 Å². The van der Waals surface area contributed by atoms with Crippen LogP contribution in [-0.4, -0.2) is 110 Å². The summed E-state index contributed by atoms with van der Waals surface area (Å²) in [5, 5.41) is 2.03. The lowest BCUT2D eigenvalue weighted by Crippen LogP contribution is -2.12. The Kier molecular flexibility index (Phi) is 26.3. The molecule has 22 aromatic rings. The number of hydrogen-bond acceptors (Lipinski definition) is 20. The molecule has 144 heavy (non-hydrogen) atoms. The number of aromatic amines is 12. The molecule has 12 heterocycles. The third-order valence-electron chi connectivity index (χ3n) is 21.4. The summed E-state index contributed by atoms with van der Waals surface area (Å²) in [4.78, 5) is 137. The molecule has 0 fully saturated rings. The van der Waals surface area contributed by atoms with Gasteiger partial charge in [0.25, 0.3) is 27.8 Å². The molecule has 0 aliphatic heterocycles. The molecular formula is C96H50F16N22O5S5. The van der Waals surface area contributed by atoms with Crippen LogP contribution in [-0.2, 0) is 12.4 Å². The summed E-state index contributed by atoms with van der Waals surface area (Å²) in [7, 11) is 0. The summed E-state index contributed by atoms with van der Waals surface area (Å²) in [6, 6.07) is 49.3. The molecule has 10 aromatic carbocycles. The Labute approximate surface area is 814 Å². The zero-order valence-electron chi connectivity index (χ0n) is 71.5. The van der Waals surface area contributed by atoms with Crippen molar-refractivity contribution in [1.29, 1.82) is 0 Å². The van der Waals surface area contributed by atoms with Crippen molar-refractivity contribution in [3.63, 3.8) is 0 Å². The average Bonchev–Trinajstić information content (AvgIpc) is 1.56. The molecule has 12 N–H and O–H groups in total. The standard InChI is InChI=1S/C22H14N6OS.C20H10F6N4OS.C18H6F6N4OS.2C18H10F2N4OS/c29-21-19-20(27-22(30)28-21)26-18(14-10-24-16-8-4-2-6-12(14)16)17(25-19)13-9-23-15-7-3-1-5-11(13)15;21-19(22,23)11-5-1-3-9(7-11)13-14(10-4-2-6-12(8-10)20(24,25)26)28-16-15(27-13)17(31)30-18(32)29-16;19-7-1-5(2-8(20)11(7)23)13-14(6-3-9(21)12(24)10(22)4-6)26-16-15(25-13)17(29)28-18(30)27-16;19-11-5-1-9(2-6-11)13-14(10-3-7-12(20)8-4-10)22-16-15(21-13)17(25)24-18(26)23-16;19-11-5-1-3-9(7-11)13-14(10-4-2-6-12(20)8-10)22-16-15(21-13)17(25)24-18(26)23-16/h1-10,23-24H,(H2,26,27,28,29,30);1-8H,(H2,28,29,30,31,32);1-4H,(H2,26,27,28,29,30);2*1-8H,(H2,22,23,24,25,26). The third kappa shape index (κ3) is 20.2. The lowest BCUT2D eigenvalue weighted by Gasteiger charge is -2.13. The minimum Gasteiger partial charge on any atom is -0.360 e. The molecule has 0 aliphatic rings. The van der Waals surface area contributed by atoms with Crippen LogP contribution in [0, 0.1) is 82.0 Å². The highest BCUT2D eigenvalue weighted by Gasteiger charge is 2.34. The second-order valence-corrected chi connectivity index (χ2v) is 32.9. The van der Waals surface area contributed by atoms with Crippen LogP contribution < -0.4 is 27.8 Å². The van der Waals surface area contributed by atoms with E-state index >= 15 is 0 Å². The number of fused-ring (bicyclic) bond motifs is 7. The van der Waals surface area contributed by atoms with E-state index in [-0.39, 0.29) is 130 Å². The van der Waals surface area contributed by atoms with Crippen molar-refractivity contribution in [2.24, 2.45) is 0 Å². The van der Waals surface area contributed by atoms with Gasteiger partial charge < -0.3 is 34.9 Å². The van der Waals surface area contributed by atoms with E-state index in [9.17, 15) is 94.2 Å². The molecule has 0 atom stereocenters. The lowest BCUT2D eigenvalue weighted by atomic mass is 10.0. The first-order valence-electron chi connectivity index (χ1n) is 41.3. The number of hydrogen-bond donors (Lipinski definition) is 12. The quantitative estimate of drug-likeness (QED) is 0.0344. The highest BCUT2D eigenvalue weighted by atomic mass is 32.1. The lowest BCUT2D eigenvalue weighted by molar-refractivity contribution is -0.138. The smallest absolute Gasteiger partial charge is 0.360 e. The highest BCUT2D eigenvalue weighted by molar-refractivity contribution is 7.72. The van der Waals surface area contributed by atoms with Crippen LogP contribution in [0.25, 0.3) is 190 Å². The number of alkyl halides is 6. The van der Waals surface area contributed by atoms with Crippen molar-refractivity contribution in [3.8, 4) is 113 Å². The Morgan fingerprint density at radius 3 is 0.792 bits per heavy atom. The van der Waals surface area contributed by atoms with E-state index in [1.54, 1.807) is 24.3 Å². The van der Waals surface area contributed by atoms with Gasteiger partial charge in [-0.15, -0.1) is 0 Å². The Morgan fingerprint density at radius 1 is 0.229 bits per heavy atom. The van der Waals surface area contributed by atoms with Gasteiger partial charge in [0.2, 0.25) is 0 Å². The van der Waals surface area contributed by atoms with Crippen LogP contribution in [0.15, 0.2) is 255 Å². The van der Waals surface area contributed by atoms with Crippen LogP contribution in [0.1, 0.15) is 11.1 Å². The highest BCUT2D eigenvalue weighted by Crippen LogP contribution is 2.43.